The summed E-state index contributed by atoms with van der Waals surface area (Å²) < 4.78 is 23.7. The van der Waals surface area contributed by atoms with E-state index in [9.17, 15) is 18.9 Å². The van der Waals surface area contributed by atoms with E-state index in [1.807, 2.05) is 0 Å². The first-order valence-corrected chi connectivity index (χ1v) is 9.29. The summed E-state index contributed by atoms with van der Waals surface area (Å²) in [5.74, 6) is -2.07. The maximum atomic E-state index is 13.2. The van der Waals surface area contributed by atoms with Crippen molar-refractivity contribution in [1.29, 1.82) is 0 Å². The van der Waals surface area contributed by atoms with Gasteiger partial charge in [0.25, 0.3) is 0 Å². The molecule has 0 spiro atoms. The maximum absolute atomic E-state index is 13.2. The van der Waals surface area contributed by atoms with Gasteiger partial charge in [-0.15, -0.1) is 0 Å². The van der Waals surface area contributed by atoms with Crippen LogP contribution in [-0.2, 0) is 28.4 Å². The van der Waals surface area contributed by atoms with Crippen LogP contribution in [0.5, 0.6) is 0 Å². The van der Waals surface area contributed by atoms with Crippen molar-refractivity contribution in [1.82, 2.24) is 5.32 Å². The molecule has 0 bridgehead atoms. The molecule has 7 nitrogen and oxygen atoms in total. The molecule has 0 saturated carbocycles. The van der Waals surface area contributed by atoms with E-state index in [-0.39, 0.29) is 24.1 Å². The summed E-state index contributed by atoms with van der Waals surface area (Å²) in [4.78, 5) is 33.9. The summed E-state index contributed by atoms with van der Waals surface area (Å²) >= 11 is 0. The molecule has 0 aromatic heterocycles. The zero-order valence-corrected chi connectivity index (χ0v) is 14.5. The average Bonchev–Trinajstić information content (AvgIpc) is 2.32. The van der Waals surface area contributed by atoms with Crippen molar-refractivity contribution in [3.63, 3.8) is 0 Å². The third-order valence-corrected chi connectivity index (χ3v) is 7.71. The van der Waals surface area contributed by atoms with E-state index in [1.54, 1.807) is 13.8 Å². The fourth-order valence-electron chi connectivity index (χ4n) is 2.69. The normalized spacial score (nSPS) is 31.5. The van der Waals surface area contributed by atoms with Gasteiger partial charge in [-0.05, 0) is 0 Å². The zero-order chi connectivity index (χ0) is 17.1. The molecular weight excluding hydrogens is 309 g/mol. The standard InChI is InChI=1S/C14H24NO6P/c1-8(2)22(19)7-13(20-10(4)17)12(15-9(3)16)6-14(22)21-11(5)18/h8,12-14H,6-7H2,1-5H3,(H,15,16)/t12-,13+,14-,22?/m0/s1. The summed E-state index contributed by atoms with van der Waals surface area (Å²) in [6.45, 7) is 7.46. The van der Waals surface area contributed by atoms with Crippen LogP contribution in [0.1, 0.15) is 41.0 Å². The minimum absolute atomic E-state index is 0.0904. The van der Waals surface area contributed by atoms with Gasteiger partial charge in [-0.3, -0.25) is 14.4 Å². The molecule has 8 heteroatoms. The molecule has 126 valence electrons. The van der Waals surface area contributed by atoms with E-state index in [1.165, 1.54) is 20.8 Å². The SMILES string of the molecule is CC(=O)N[C@H]1C[C@@H](OC(C)=O)P(=O)(C(C)C)C[C@H]1OC(C)=O. The molecule has 22 heavy (non-hydrogen) atoms. The number of ether oxygens (including phenoxy) is 2. The van der Waals surface area contributed by atoms with Crippen LogP contribution in [0, 0.1) is 0 Å². The smallest absolute Gasteiger partial charge is 0.303 e. The lowest BCUT2D eigenvalue weighted by atomic mass is 10.1. The number of amides is 1. The molecule has 1 heterocycles. The molecule has 1 unspecified atom stereocenters. The Kier molecular flexibility index (Phi) is 6.17. The molecule has 1 aliphatic rings. The first kappa shape index (κ1) is 18.7. The molecule has 1 fully saturated rings. The Morgan fingerprint density at radius 1 is 1.09 bits per heavy atom. The van der Waals surface area contributed by atoms with Crippen LogP contribution < -0.4 is 5.32 Å². The van der Waals surface area contributed by atoms with E-state index in [2.05, 4.69) is 5.32 Å². The minimum atomic E-state index is -2.91. The van der Waals surface area contributed by atoms with Crippen molar-refractivity contribution in [2.45, 2.75) is 64.7 Å². The Labute approximate surface area is 130 Å². The lowest BCUT2D eigenvalue weighted by Crippen LogP contribution is -2.52. The number of esters is 2. The van der Waals surface area contributed by atoms with Crippen molar-refractivity contribution < 1.29 is 28.4 Å². The lowest BCUT2D eigenvalue weighted by molar-refractivity contribution is -0.151. The Balaban J connectivity index is 3.10. The highest BCUT2D eigenvalue weighted by Gasteiger charge is 2.49. The second-order valence-electron chi connectivity index (χ2n) is 5.89. The predicted octanol–water partition coefficient (Wildman–Crippen LogP) is 1.49. The van der Waals surface area contributed by atoms with Gasteiger partial charge in [-0.25, -0.2) is 0 Å². The zero-order valence-electron chi connectivity index (χ0n) is 13.6. The fourth-order valence-corrected chi connectivity index (χ4v) is 5.82. The molecule has 1 saturated heterocycles. The molecule has 0 aliphatic carbocycles. The number of carbonyl (C=O) groups excluding carboxylic acids is 3. The molecule has 4 atom stereocenters. The molecule has 0 aromatic carbocycles. The second kappa shape index (κ2) is 7.27. The van der Waals surface area contributed by atoms with E-state index >= 15 is 0 Å². The number of hydrogen-bond donors (Lipinski definition) is 1. The predicted molar refractivity (Wildman–Crippen MR) is 80.9 cm³/mol. The van der Waals surface area contributed by atoms with Gasteiger partial charge >= 0.3 is 11.9 Å². The summed E-state index contributed by atoms with van der Waals surface area (Å²) in [7, 11) is -2.91. The topological polar surface area (TPSA) is 98.8 Å². The van der Waals surface area contributed by atoms with Gasteiger partial charge in [-0.2, -0.15) is 0 Å². The van der Waals surface area contributed by atoms with Crippen molar-refractivity contribution >= 4 is 25.0 Å². The summed E-state index contributed by atoms with van der Waals surface area (Å²) in [6, 6.07) is -0.522. The Morgan fingerprint density at radius 2 is 1.64 bits per heavy atom. The average molecular weight is 333 g/mol. The lowest BCUT2D eigenvalue weighted by Gasteiger charge is -2.41. The van der Waals surface area contributed by atoms with Crippen molar-refractivity contribution in [2.75, 3.05) is 6.16 Å². The third kappa shape index (κ3) is 4.57. The molecule has 0 radical (unpaired) electrons. The van der Waals surface area contributed by atoms with E-state index in [4.69, 9.17) is 9.47 Å². The van der Waals surface area contributed by atoms with Crippen LogP contribution in [0.2, 0.25) is 0 Å². The summed E-state index contributed by atoms with van der Waals surface area (Å²) in [5.41, 5.74) is -0.215. The van der Waals surface area contributed by atoms with Crippen molar-refractivity contribution in [3.8, 4) is 0 Å². The van der Waals surface area contributed by atoms with Crippen LogP contribution in [0.25, 0.3) is 0 Å². The number of carbonyl (C=O) groups is 3. The van der Waals surface area contributed by atoms with Gasteiger partial charge in [0.2, 0.25) is 5.91 Å². The van der Waals surface area contributed by atoms with Gasteiger partial charge in [0.1, 0.15) is 13.2 Å². The van der Waals surface area contributed by atoms with E-state index < -0.39 is 37.1 Å². The monoisotopic (exact) mass is 333 g/mol. The van der Waals surface area contributed by atoms with Gasteiger partial charge in [-0.1, -0.05) is 13.8 Å². The molecular formula is C14H24NO6P. The van der Waals surface area contributed by atoms with Crippen molar-refractivity contribution in [2.24, 2.45) is 0 Å². The second-order valence-corrected chi connectivity index (χ2v) is 9.57. The van der Waals surface area contributed by atoms with Crippen LogP contribution in [0.4, 0.5) is 0 Å². The highest BCUT2D eigenvalue weighted by atomic mass is 31.2. The number of hydrogen-bond acceptors (Lipinski definition) is 6. The fraction of sp³-hybridized carbons (Fsp3) is 0.786. The Morgan fingerprint density at radius 3 is 2.05 bits per heavy atom. The van der Waals surface area contributed by atoms with Crippen molar-refractivity contribution in [3.05, 3.63) is 0 Å². The first-order chi connectivity index (χ1) is 10.1. The van der Waals surface area contributed by atoms with Gasteiger partial charge in [0, 0.05) is 39.0 Å². The van der Waals surface area contributed by atoms with Crippen LogP contribution in [0.3, 0.4) is 0 Å². The highest BCUT2D eigenvalue weighted by Crippen LogP contribution is 2.60. The summed E-state index contributed by atoms with van der Waals surface area (Å²) in [6.07, 6.45) is -0.416. The maximum Gasteiger partial charge on any atom is 0.303 e. The van der Waals surface area contributed by atoms with Gasteiger partial charge in [0.05, 0.1) is 6.04 Å². The first-order valence-electron chi connectivity index (χ1n) is 7.26. The molecule has 0 aromatic rings. The van der Waals surface area contributed by atoms with Crippen LogP contribution >= 0.6 is 7.14 Å². The van der Waals surface area contributed by atoms with E-state index in [0.717, 1.165) is 0 Å². The quantitative estimate of drug-likeness (QED) is 0.618. The molecule has 1 rings (SSSR count). The largest absolute Gasteiger partial charge is 0.460 e. The Bertz CT molecular complexity index is 504. The molecule has 1 aliphatic heterocycles. The third-order valence-electron chi connectivity index (χ3n) is 3.74. The minimum Gasteiger partial charge on any atom is -0.460 e. The van der Waals surface area contributed by atoms with Crippen LogP contribution in [0.15, 0.2) is 0 Å². The highest BCUT2D eigenvalue weighted by molar-refractivity contribution is 7.65. The summed E-state index contributed by atoms with van der Waals surface area (Å²) in [5, 5.41) is 2.69. The van der Waals surface area contributed by atoms with E-state index in [0.29, 0.717) is 0 Å². The van der Waals surface area contributed by atoms with Gasteiger partial charge < -0.3 is 19.4 Å². The van der Waals surface area contributed by atoms with Crippen LogP contribution in [-0.4, -0.2) is 47.7 Å². The molecule has 1 amide bonds. The molecule has 1 N–H and O–H groups in total. The number of rotatable bonds is 4. The Hall–Kier alpha value is -1.36. The number of nitrogens with one attached hydrogen (secondary N) is 1. The van der Waals surface area contributed by atoms with Gasteiger partial charge in [0.15, 0.2) is 5.85 Å².